The molecule has 5 aromatic rings. The molecule has 2 amide bonds. The van der Waals surface area contributed by atoms with E-state index in [1.54, 1.807) is 4.90 Å². The van der Waals surface area contributed by atoms with Gasteiger partial charge in [-0.3, -0.25) is 0 Å². The molecule has 0 aliphatic heterocycles. The molecule has 3 nitrogen and oxygen atoms in total. The summed E-state index contributed by atoms with van der Waals surface area (Å²) in [6.45, 7) is 0.454. The van der Waals surface area contributed by atoms with Crippen LogP contribution in [0.3, 0.4) is 0 Å². The summed E-state index contributed by atoms with van der Waals surface area (Å²) >= 11 is 0. The molecule has 0 saturated carbocycles. The number of anilines is 1. The van der Waals surface area contributed by atoms with Gasteiger partial charge < -0.3 is 10.2 Å². The number of fused-ring (bicyclic) bond motifs is 2. The minimum atomic E-state index is -4.58. The van der Waals surface area contributed by atoms with Gasteiger partial charge in [0.2, 0.25) is 0 Å². The topological polar surface area (TPSA) is 32.3 Å². The predicted molar refractivity (Wildman–Crippen MR) is 138 cm³/mol. The molecule has 0 aliphatic rings. The average molecular weight is 485 g/mol. The van der Waals surface area contributed by atoms with E-state index in [9.17, 15) is 18.0 Å². The van der Waals surface area contributed by atoms with E-state index in [-0.39, 0.29) is 18.8 Å². The van der Waals surface area contributed by atoms with Crippen molar-refractivity contribution >= 4 is 33.3 Å². The number of nitrogens with one attached hydrogen (secondary N) is 1. The zero-order valence-corrected chi connectivity index (χ0v) is 19.3. The molecule has 0 saturated heterocycles. The number of rotatable bonds is 5. The fraction of sp³-hybridized carbons (Fsp3) is 0.100. The van der Waals surface area contributed by atoms with Crippen LogP contribution in [0.5, 0.6) is 0 Å². The van der Waals surface area contributed by atoms with E-state index in [1.807, 2.05) is 78.9 Å². The summed E-state index contributed by atoms with van der Waals surface area (Å²) in [4.78, 5) is 15.1. The highest BCUT2D eigenvalue weighted by atomic mass is 19.4. The Labute approximate surface area is 206 Å². The molecule has 1 N–H and O–H groups in total. The van der Waals surface area contributed by atoms with Crippen molar-refractivity contribution in [3.8, 4) is 0 Å². The first kappa shape index (κ1) is 23.4. The summed E-state index contributed by atoms with van der Waals surface area (Å²) in [5, 5.41) is 6.59. The minimum Gasteiger partial charge on any atom is -0.316 e. The van der Waals surface area contributed by atoms with Crippen LogP contribution in [0.2, 0.25) is 0 Å². The Morgan fingerprint density at radius 2 is 1.25 bits per heavy atom. The predicted octanol–water partition coefficient (Wildman–Crippen LogP) is 8.25. The van der Waals surface area contributed by atoms with Crippen LogP contribution in [0.1, 0.15) is 16.7 Å². The fourth-order valence-corrected chi connectivity index (χ4v) is 4.51. The van der Waals surface area contributed by atoms with E-state index in [1.165, 1.54) is 18.2 Å². The number of halogens is 3. The second kappa shape index (κ2) is 9.74. The van der Waals surface area contributed by atoms with Crippen LogP contribution >= 0.6 is 0 Å². The highest BCUT2D eigenvalue weighted by molar-refractivity contribution is 6.02. The van der Waals surface area contributed by atoms with Crippen LogP contribution in [-0.4, -0.2) is 10.9 Å². The number of hydrogen-bond donors (Lipinski definition) is 1. The SMILES string of the molecule is O=C(Nc1ccccc1C(F)(F)F)N(Cc1ccccc1)Cc1c2ccccc2cc2ccccc12. The number of amides is 2. The van der Waals surface area contributed by atoms with Gasteiger partial charge in [0.1, 0.15) is 0 Å². The highest BCUT2D eigenvalue weighted by Gasteiger charge is 2.34. The summed E-state index contributed by atoms with van der Waals surface area (Å²) in [5.74, 6) is 0. The lowest BCUT2D eigenvalue weighted by molar-refractivity contribution is -0.136. The maximum atomic E-state index is 13.6. The van der Waals surface area contributed by atoms with E-state index in [0.717, 1.165) is 38.7 Å². The molecule has 180 valence electrons. The zero-order chi connectivity index (χ0) is 25.1. The Hall–Kier alpha value is -4.32. The molecule has 5 rings (SSSR count). The third kappa shape index (κ3) is 4.89. The van der Waals surface area contributed by atoms with Crippen LogP contribution in [0.15, 0.2) is 109 Å². The molecule has 0 spiro atoms. The second-order valence-electron chi connectivity index (χ2n) is 8.61. The first-order valence-electron chi connectivity index (χ1n) is 11.6. The fourth-order valence-electron chi connectivity index (χ4n) is 4.51. The molecule has 0 atom stereocenters. The van der Waals surface area contributed by atoms with E-state index in [4.69, 9.17) is 0 Å². The number of carbonyl (C=O) groups excluding carboxylic acids is 1. The third-order valence-electron chi connectivity index (χ3n) is 6.21. The lowest BCUT2D eigenvalue weighted by Gasteiger charge is -2.26. The molecule has 6 heteroatoms. The van der Waals surface area contributed by atoms with Crippen molar-refractivity contribution < 1.29 is 18.0 Å². The van der Waals surface area contributed by atoms with Crippen molar-refractivity contribution in [2.75, 3.05) is 5.32 Å². The summed E-state index contributed by atoms with van der Waals surface area (Å²) in [7, 11) is 0. The number of nitrogens with zero attached hydrogens (tertiary/aromatic N) is 1. The summed E-state index contributed by atoms with van der Waals surface area (Å²) in [6.07, 6.45) is -4.58. The lowest BCUT2D eigenvalue weighted by atomic mass is 9.96. The Morgan fingerprint density at radius 3 is 1.89 bits per heavy atom. The van der Waals surface area contributed by atoms with Gasteiger partial charge in [0.15, 0.2) is 0 Å². The van der Waals surface area contributed by atoms with E-state index in [2.05, 4.69) is 11.4 Å². The lowest BCUT2D eigenvalue weighted by Crippen LogP contribution is -2.34. The molecular weight excluding hydrogens is 461 g/mol. The summed E-state index contributed by atoms with van der Waals surface area (Å²) in [6, 6.07) is 31.8. The van der Waals surface area contributed by atoms with Crippen molar-refractivity contribution in [3.63, 3.8) is 0 Å². The van der Waals surface area contributed by atoms with Crippen LogP contribution in [-0.2, 0) is 19.3 Å². The van der Waals surface area contributed by atoms with Crippen molar-refractivity contribution in [2.24, 2.45) is 0 Å². The van der Waals surface area contributed by atoms with Gasteiger partial charge >= 0.3 is 12.2 Å². The molecular formula is C30H23F3N2O. The van der Waals surface area contributed by atoms with Crippen LogP contribution < -0.4 is 5.32 Å². The van der Waals surface area contributed by atoms with Crippen LogP contribution in [0.4, 0.5) is 23.7 Å². The van der Waals surface area contributed by atoms with Gasteiger partial charge in [-0.2, -0.15) is 13.2 Å². The van der Waals surface area contributed by atoms with Crippen LogP contribution in [0.25, 0.3) is 21.5 Å². The second-order valence-corrected chi connectivity index (χ2v) is 8.61. The highest BCUT2D eigenvalue weighted by Crippen LogP contribution is 2.35. The first-order chi connectivity index (χ1) is 17.4. The zero-order valence-electron chi connectivity index (χ0n) is 19.3. The molecule has 5 aromatic carbocycles. The van der Waals surface area contributed by atoms with Gasteiger partial charge in [-0.1, -0.05) is 91.0 Å². The number of urea groups is 1. The standard InChI is InChI=1S/C30H23F3N2O/c31-30(32,33)27-16-8-9-17-28(27)34-29(36)35(19-21-10-2-1-3-11-21)20-26-24-14-6-4-12-22(24)18-23-13-5-7-15-25(23)26/h1-18H,19-20H2,(H,34,36). The van der Waals surface area contributed by atoms with E-state index < -0.39 is 17.8 Å². The Bertz CT molecular complexity index is 1480. The van der Waals surface area contributed by atoms with Gasteiger partial charge in [-0.05, 0) is 50.9 Å². The first-order valence-corrected chi connectivity index (χ1v) is 11.6. The molecule has 0 bridgehead atoms. The van der Waals surface area contributed by atoms with Crippen LogP contribution in [0, 0.1) is 0 Å². The van der Waals surface area contributed by atoms with Gasteiger partial charge in [0.05, 0.1) is 11.3 Å². The third-order valence-corrected chi connectivity index (χ3v) is 6.21. The van der Waals surface area contributed by atoms with Crippen molar-refractivity contribution in [3.05, 3.63) is 126 Å². The molecule has 0 aliphatic carbocycles. The van der Waals surface area contributed by atoms with E-state index in [0.29, 0.717) is 0 Å². The number of alkyl halides is 3. The number of para-hydroxylation sites is 1. The minimum absolute atomic E-state index is 0.219. The van der Waals surface area contributed by atoms with Crippen molar-refractivity contribution in [2.45, 2.75) is 19.3 Å². The number of benzene rings is 5. The smallest absolute Gasteiger partial charge is 0.316 e. The van der Waals surface area contributed by atoms with Gasteiger partial charge in [-0.15, -0.1) is 0 Å². The Balaban J connectivity index is 1.57. The normalized spacial score (nSPS) is 11.5. The summed E-state index contributed by atoms with van der Waals surface area (Å²) in [5.41, 5.74) is 0.671. The maximum Gasteiger partial charge on any atom is 0.418 e. The van der Waals surface area contributed by atoms with E-state index >= 15 is 0 Å². The summed E-state index contributed by atoms with van der Waals surface area (Å²) < 4.78 is 40.7. The molecule has 0 unspecified atom stereocenters. The molecule has 0 radical (unpaired) electrons. The molecule has 0 fully saturated rings. The maximum absolute atomic E-state index is 13.6. The average Bonchev–Trinajstić information content (AvgIpc) is 2.88. The number of carbonyl (C=O) groups is 1. The largest absolute Gasteiger partial charge is 0.418 e. The van der Waals surface area contributed by atoms with Gasteiger partial charge in [0, 0.05) is 13.1 Å². The monoisotopic (exact) mass is 484 g/mol. The molecule has 36 heavy (non-hydrogen) atoms. The van der Waals surface area contributed by atoms with Gasteiger partial charge in [0.25, 0.3) is 0 Å². The van der Waals surface area contributed by atoms with Gasteiger partial charge in [-0.25, -0.2) is 4.79 Å². The molecule has 0 heterocycles. The van der Waals surface area contributed by atoms with Crippen molar-refractivity contribution in [1.29, 1.82) is 0 Å². The van der Waals surface area contributed by atoms with Crippen molar-refractivity contribution in [1.82, 2.24) is 4.90 Å². The Kier molecular flexibility index (Phi) is 6.34. The Morgan fingerprint density at radius 1 is 0.694 bits per heavy atom. The molecule has 0 aromatic heterocycles. The number of hydrogen-bond acceptors (Lipinski definition) is 1. The quantitative estimate of drug-likeness (QED) is 0.250.